The van der Waals surface area contributed by atoms with E-state index in [0.717, 1.165) is 16.9 Å². The molecule has 2 rings (SSSR count). The molecule has 4 nitrogen and oxygen atoms in total. The molecule has 5 heteroatoms. The molecular formula is C13H17N3OS. The van der Waals surface area contributed by atoms with E-state index in [-0.39, 0.29) is 5.92 Å². The number of hydrogen-bond donors (Lipinski definition) is 1. The van der Waals surface area contributed by atoms with Crippen molar-refractivity contribution in [2.24, 2.45) is 5.73 Å². The van der Waals surface area contributed by atoms with Gasteiger partial charge in [-0.25, -0.2) is 0 Å². The minimum Gasteiger partial charge on any atom is -0.339 e. The van der Waals surface area contributed by atoms with Gasteiger partial charge in [0.2, 0.25) is 11.7 Å². The molecule has 0 bridgehead atoms. The molecule has 1 heterocycles. The van der Waals surface area contributed by atoms with Gasteiger partial charge in [-0.05, 0) is 11.8 Å². The highest BCUT2D eigenvalue weighted by atomic mass is 32.2. The van der Waals surface area contributed by atoms with Gasteiger partial charge in [0.25, 0.3) is 0 Å². The summed E-state index contributed by atoms with van der Waals surface area (Å²) in [7, 11) is 0. The largest absolute Gasteiger partial charge is 0.339 e. The molecule has 0 amide bonds. The lowest BCUT2D eigenvalue weighted by Crippen LogP contribution is -1.97. The number of benzene rings is 1. The Bertz CT molecular complexity index is 495. The lowest BCUT2D eigenvalue weighted by Gasteiger charge is -2.01. The Labute approximate surface area is 111 Å². The van der Waals surface area contributed by atoms with Crippen molar-refractivity contribution in [1.29, 1.82) is 0 Å². The van der Waals surface area contributed by atoms with E-state index in [9.17, 15) is 0 Å². The van der Waals surface area contributed by atoms with Crippen molar-refractivity contribution < 1.29 is 4.52 Å². The molecule has 1 atom stereocenters. The molecule has 0 saturated carbocycles. The van der Waals surface area contributed by atoms with Crippen molar-refractivity contribution in [3.63, 3.8) is 0 Å². The number of nitrogens with zero attached hydrogens (tertiary/aromatic N) is 2. The maximum Gasteiger partial charge on any atom is 0.230 e. The maximum absolute atomic E-state index is 5.56. The average Bonchev–Trinajstić information content (AvgIpc) is 2.89. The van der Waals surface area contributed by atoms with Crippen molar-refractivity contribution in [2.75, 3.05) is 12.0 Å². The second-order valence-electron chi connectivity index (χ2n) is 4.21. The summed E-state index contributed by atoms with van der Waals surface area (Å²) in [6.45, 7) is 2.63. The van der Waals surface area contributed by atoms with Gasteiger partial charge < -0.3 is 10.3 Å². The Morgan fingerprint density at radius 2 is 2.06 bits per heavy atom. The number of thioether (sulfide) groups is 1. The Morgan fingerprint density at radius 3 is 2.67 bits per heavy atom. The van der Waals surface area contributed by atoms with Crippen LogP contribution in [0.2, 0.25) is 0 Å². The number of hydrogen-bond acceptors (Lipinski definition) is 5. The van der Waals surface area contributed by atoms with Gasteiger partial charge in [0.1, 0.15) is 0 Å². The Kier molecular flexibility index (Phi) is 4.38. The predicted octanol–water partition coefficient (Wildman–Crippen LogP) is 2.66. The predicted molar refractivity (Wildman–Crippen MR) is 74.4 cm³/mol. The fourth-order valence-electron chi connectivity index (χ4n) is 1.66. The highest BCUT2D eigenvalue weighted by molar-refractivity contribution is 7.98. The van der Waals surface area contributed by atoms with Gasteiger partial charge in [0, 0.05) is 23.8 Å². The van der Waals surface area contributed by atoms with Gasteiger partial charge in [0.05, 0.1) is 0 Å². The Morgan fingerprint density at radius 1 is 1.33 bits per heavy atom. The van der Waals surface area contributed by atoms with Crippen LogP contribution in [0.3, 0.4) is 0 Å². The van der Waals surface area contributed by atoms with Crippen molar-refractivity contribution in [1.82, 2.24) is 10.1 Å². The van der Waals surface area contributed by atoms with E-state index in [1.54, 1.807) is 11.8 Å². The van der Waals surface area contributed by atoms with Gasteiger partial charge >= 0.3 is 0 Å². The fourth-order valence-corrected chi connectivity index (χ4v) is 2.31. The molecule has 0 aliphatic carbocycles. The standard InChI is InChI=1S/C13H17N3OS/c1-9(8-18-2)13-15-12(16-17-13)11-5-3-10(7-14)4-6-11/h3-6,9H,7-8,14H2,1-2H3. The second-order valence-corrected chi connectivity index (χ2v) is 5.12. The molecular weight excluding hydrogens is 246 g/mol. The summed E-state index contributed by atoms with van der Waals surface area (Å²) in [5.41, 5.74) is 7.62. The summed E-state index contributed by atoms with van der Waals surface area (Å²) in [5.74, 6) is 2.60. The van der Waals surface area contributed by atoms with E-state index < -0.39 is 0 Å². The molecule has 2 aromatic rings. The monoisotopic (exact) mass is 263 g/mol. The normalized spacial score (nSPS) is 12.6. The van der Waals surface area contributed by atoms with Crippen LogP contribution in [0.25, 0.3) is 11.4 Å². The summed E-state index contributed by atoms with van der Waals surface area (Å²) in [6.07, 6.45) is 2.07. The highest BCUT2D eigenvalue weighted by Crippen LogP contribution is 2.21. The van der Waals surface area contributed by atoms with Crippen LogP contribution in [0.1, 0.15) is 24.3 Å². The quantitative estimate of drug-likeness (QED) is 0.898. The van der Waals surface area contributed by atoms with Crippen LogP contribution in [0.4, 0.5) is 0 Å². The maximum atomic E-state index is 5.56. The summed E-state index contributed by atoms with van der Waals surface area (Å²) in [5, 5.41) is 4.02. The zero-order valence-corrected chi connectivity index (χ0v) is 11.4. The minimum absolute atomic E-state index is 0.282. The van der Waals surface area contributed by atoms with Crippen LogP contribution in [-0.2, 0) is 6.54 Å². The molecule has 1 aromatic heterocycles. The van der Waals surface area contributed by atoms with Crippen LogP contribution in [0, 0.1) is 0 Å². The third-order valence-corrected chi connectivity index (χ3v) is 3.56. The first-order chi connectivity index (χ1) is 8.74. The Balaban J connectivity index is 2.18. The molecule has 2 N–H and O–H groups in total. The van der Waals surface area contributed by atoms with Gasteiger partial charge in [-0.15, -0.1) is 0 Å². The molecule has 0 fully saturated rings. The first-order valence-corrected chi connectivity index (χ1v) is 7.26. The molecule has 96 valence electrons. The van der Waals surface area contributed by atoms with E-state index in [4.69, 9.17) is 10.3 Å². The van der Waals surface area contributed by atoms with E-state index >= 15 is 0 Å². The van der Waals surface area contributed by atoms with Gasteiger partial charge in [-0.3, -0.25) is 0 Å². The SMILES string of the molecule is CSCC(C)c1nc(-c2ccc(CN)cc2)no1. The van der Waals surface area contributed by atoms with Crippen LogP contribution in [-0.4, -0.2) is 22.1 Å². The third kappa shape index (κ3) is 2.91. The lowest BCUT2D eigenvalue weighted by molar-refractivity contribution is 0.367. The van der Waals surface area contributed by atoms with Crippen LogP contribution < -0.4 is 5.73 Å². The van der Waals surface area contributed by atoms with Gasteiger partial charge in [0.15, 0.2) is 0 Å². The van der Waals surface area contributed by atoms with Gasteiger partial charge in [-0.2, -0.15) is 16.7 Å². The number of aromatic nitrogens is 2. The zero-order chi connectivity index (χ0) is 13.0. The molecule has 0 saturated heterocycles. The average molecular weight is 263 g/mol. The van der Waals surface area contributed by atoms with E-state index in [0.29, 0.717) is 18.3 Å². The van der Waals surface area contributed by atoms with Crippen LogP contribution in [0.5, 0.6) is 0 Å². The van der Waals surface area contributed by atoms with Crippen molar-refractivity contribution in [3.8, 4) is 11.4 Å². The molecule has 1 aromatic carbocycles. The molecule has 0 spiro atoms. The first-order valence-electron chi connectivity index (χ1n) is 5.86. The van der Waals surface area contributed by atoms with Gasteiger partial charge in [-0.1, -0.05) is 36.3 Å². The van der Waals surface area contributed by atoms with E-state index in [1.165, 1.54) is 0 Å². The Hall–Kier alpha value is -1.33. The van der Waals surface area contributed by atoms with Crippen molar-refractivity contribution >= 4 is 11.8 Å². The topological polar surface area (TPSA) is 64.9 Å². The van der Waals surface area contributed by atoms with Crippen molar-refractivity contribution in [3.05, 3.63) is 35.7 Å². The van der Waals surface area contributed by atoms with Crippen LogP contribution >= 0.6 is 11.8 Å². The third-order valence-electron chi connectivity index (χ3n) is 2.73. The molecule has 18 heavy (non-hydrogen) atoms. The minimum atomic E-state index is 0.282. The second kappa shape index (κ2) is 6.02. The smallest absolute Gasteiger partial charge is 0.230 e. The summed E-state index contributed by atoms with van der Waals surface area (Å²) >= 11 is 1.77. The molecule has 0 radical (unpaired) electrons. The number of rotatable bonds is 5. The summed E-state index contributed by atoms with van der Waals surface area (Å²) in [6, 6.07) is 7.90. The number of nitrogens with two attached hydrogens (primary N) is 1. The molecule has 0 aliphatic heterocycles. The lowest BCUT2D eigenvalue weighted by atomic mass is 10.1. The highest BCUT2D eigenvalue weighted by Gasteiger charge is 2.14. The fraction of sp³-hybridized carbons (Fsp3) is 0.385. The zero-order valence-electron chi connectivity index (χ0n) is 10.6. The summed E-state index contributed by atoms with van der Waals surface area (Å²) < 4.78 is 5.29. The first kappa shape index (κ1) is 13.1. The molecule has 1 unspecified atom stereocenters. The van der Waals surface area contributed by atoms with Crippen molar-refractivity contribution in [2.45, 2.75) is 19.4 Å². The van der Waals surface area contributed by atoms with E-state index in [2.05, 4.69) is 23.3 Å². The van der Waals surface area contributed by atoms with Crippen LogP contribution in [0.15, 0.2) is 28.8 Å². The van der Waals surface area contributed by atoms with E-state index in [1.807, 2.05) is 24.3 Å². The molecule has 0 aliphatic rings. The summed E-state index contributed by atoms with van der Waals surface area (Å²) in [4.78, 5) is 4.43.